The molecule has 1 amide bonds. The molecule has 0 saturated carbocycles. The topological polar surface area (TPSA) is 73.1 Å². The van der Waals surface area contributed by atoms with Crippen LogP contribution < -0.4 is 16.4 Å². The average Bonchev–Trinajstić information content (AvgIpc) is 2.83. The maximum Gasteiger partial charge on any atom is 0.317 e. The van der Waals surface area contributed by atoms with Gasteiger partial charge in [0.05, 0.1) is 23.6 Å². The zero-order valence-corrected chi connectivity index (χ0v) is 18.1. The molecule has 162 valence electrons. The van der Waals surface area contributed by atoms with Gasteiger partial charge in [0.1, 0.15) is 0 Å². The molecule has 0 aliphatic carbocycles. The van der Waals surface area contributed by atoms with Gasteiger partial charge in [-0.3, -0.25) is 19.0 Å². The van der Waals surface area contributed by atoms with E-state index >= 15 is 0 Å². The van der Waals surface area contributed by atoms with Gasteiger partial charge in [0.2, 0.25) is 0 Å². The first-order valence-electron chi connectivity index (χ1n) is 10.7. The predicted molar refractivity (Wildman–Crippen MR) is 126 cm³/mol. The van der Waals surface area contributed by atoms with Crippen molar-refractivity contribution in [2.45, 2.75) is 33.0 Å². The van der Waals surface area contributed by atoms with Crippen LogP contribution in [0.3, 0.4) is 0 Å². The highest BCUT2D eigenvalue weighted by Crippen LogP contribution is 2.15. The van der Waals surface area contributed by atoms with E-state index in [1.807, 2.05) is 80.6 Å². The lowest BCUT2D eigenvalue weighted by Gasteiger charge is -2.15. The minimum atomic E-state index is -0.552. The van der Waals surface area contributed by atoms with Crippen molar-refractivity contribution in [1.29, 1.82) is 0 Å². The van der Waals surface area contributed by atoms with Crippen molar-refractivity contribution in [3.63, 3.8) is 0 Å². The summed E-state index contributed by atoms with van der Waals surface area (Å²) in [6.45, 7) is 4.47. The standard InChI is InChI=1S/C26H25N3O3/c1-3-28-22-11-7-8-12-23(22)29(26(32)25(28)31)17-19-13-15-21(16-14-19)24(30)27-18(2)20-9-5-4-6-10-20/h4-16,18H,3,17H2,1-2H3,(H,27,30). The summed E-state index contributed by atoms with van der Waals surface area (Å²) in [6, 6.07) is 24.2. The number of nitrogens with zero attached hydrogens (tertiary/aromatic N) is 2. The fourth-order valence-electron chi connectivity index (χ4n) is 3.89. The van der Waals surface area contributed by atoms with Crippen LogP contribution in [-0.2, 0) is 13.1 Å². The summed E-state index contributed by atoms with van der Waals surface area (Å²) in [7, 11) is 0. The number of amides is 1. The van der Waals surface area contributed by atoms with Crippen molar-refractivity contribution in [3.8, 4) is 0 Å². The number of para-hydroxylation sites is 2. The number of hydrogen-bond donors (Lipinski definition) is 1. The SMILES string of the molecule is CCn1c(=O)c(=O)n(Cc2ccc(C(=O)NC(C)c3ccccc3)cc2)c2ccccc21. The molecule has 4 aromatic rings. The summed E-state index contributed by atoms with van der Waals surface area (Å²) < 4.78 is 2.99. The molecular formula is C26H25N3O3. The second-order valence-electron chi connectivity index (χ2n) is 7.73. The largest absolute Gasteiger partial charge is 0.346 e. The summed E-state index contributed by atoms with van der Waals surface area (Å²) in [5.41, 5.74) is 2.75. The Labute approximate surface area is 185 Å². The second-order valence-corrected chi connectivity index (χ2v) is 7.73. The van der Waals surface area contributed by atoms with Crippen LogP contribution >= 0.6 is 0 Å². The maximum absolute atomic E-state index is 12.8. The van der Waals surface area contributed by atoms with E-state index in [0.29, 0.717) is 17.6 Å². The minimum absolute atomic E-state index is 0.113. The van der Waals surface area contributed by atoms with E-state index in [1.165, 1.54) is 9.13 Å². The van der Waals surface area contributed by atoms with E-state index in [-0.39, 0.29) is 18.5 Å². The van der Waals surface area contributed by atoms with Gasteiger partial charge in [0.25, 0.3) is 5.91 Å². The van der Waals surface area contributed by atoms with Crippen molar-refractivity contribution in [3.05, 3.63) is 116 Å². The van der Waals surface area contributed by atoms with E-state index in [0.717, 1.165) is 16.6 Å². The van der Waals surface area contributed by atoms with Gasteiger partial charge >= 0.3 is 11.1 Å². The number of hydrogen-bond acceptors (Lipinski definition) is 3. The fourth-order valence-corrected chi connectivity index (χ4v) is 3.89. The van der Waals surface area contributed by atoms with Gasteiger partial charge < -0.3 is 9.88 Å². The molecule has 0 aliphatic heterocycles. The third-order valence-electron chi connectivity index (χ3n) is 5.66. The second kappa shape index (κ2) is 9.06. The number of benzene rings is 3. The lowest BCUT2D eigenvalue weighted by Crippen LogP contribution is -2.41. The van der Waals surface area contributed by atoms with E-state index in [2.05, 4.69) is 5.32 Å². The molecule has 1 heterocycles. The molecule has 1 unspecified atom stereocenters. The first kappa shape index (κ1) is 21.3. The molecule has 6 heteroatoms. The highest BCUT2D eigenvalue weighted by atomic mass is 16.2. The van der Waals surface area contributed by atoms with Gasteiger partial charge in [-0.1, -0.05) is 54.6 Å². The monoisotopic (exact) mass is 427 g/mol. The van der Waals surface area contributed by atoms with Crippen LogP contribution in [0.15, 0.2) is 88.5 Å². The number of carbonyl (C=O) groups excluding carboxylic acids is 1. The number of carbonyl (C=O) groups is 1. The summed E-state index contributed by atoms with van der Waals surface area (Å²) >= 11 is 0. The Morgan fingerprint density at radius 2 is 1.38 bits per heavy atom. The highest BCUT2D eigenvalue weighted by Gasteiger charge is 2.14. The molecule has 0 radical (unpaired) electrons. The van der Waals surface area contributed by atoms with Gasteiger partial charge in [0, 0.05) is 12.1 Å². The van der Waals surface area contributed by atoms with Crippen LogP contribution in [0.2, 0.25) is 0 Å². The first-order chi connectivity index (χ1) is 15.5. The Bertz CT molecular complexity index is 1370. The van der Waals surface area contributed by atoms with E-state index in [4.69, 9.17) is 0 Å². The molecule has 3 aromatic carbocycles. The Kier molecular flexibility index (Phi) is 6.03. The lowest BCUT2D eigenvalue weighted by atomic mass is 10.1. The van der Waals surface area contributed by atoms with Crippen LogP contribution in [0, 0.1) is 0 Å². The van der Waals surface area contributed by atoms with Gasteiger partial charge in [-0.2, -0.15) is 0 Å². The zero-order valence-electron chi connectivity index (χ0n) is 18.1. The fraction of sp³-hybridized carbons (Fsp3) is 0.192. The van der Waals surface area contributed by atoms with Crippen molar-refractivity contribution in [2.75, 3.05) is 0 Å². The van der Waals surface area contributed by atoms with Crippen LogP contribution in [0.4, 0.5) is 0 Å². The lowest BCUT2D eigenvalue weighted by molar-refractivity contribution is 0.0940. The predicted octanol–water partition coefficient (Wildman–Crippen LogP) is 3.72. The Hall–Kier alpha value is -3.93. The molecule has 1 N–H and O–H groups in total. The molecule has 1 atom stereocenters. The molecule has 1 aromatic heterocycles. The molecule has 0 fully saturated rings. The van der Waals surface area contributed by atoms with Crippen molar-refractivity contribution >= 4 is 16.9 Å². The smallest absolute Gasteiger partial charge is 0.317 e. The normalized spacial score (nSPS) is 11.9. The quantitative estimate of drug-likeness (QED) is 0.477. The summed E-state index contributed by atoms with van der Waals surface area (Å²) in [6.07, 6.45) is 0. The van der Waals surface area contributed by atoms with Gasteiger partial charge in [-0.05, 0) is 49.2 Å². The number of rotatable bonds is 6. The van der Waals surface area contributed by atoms with E-state index < -0.39 is 11.1 Å². The average molecular weight is 428 g/mol. The van der Waals surface area contributed by atoms with Crippen LogP contribution in [0.1, 0.15) is 41.4 Å². The minimum Gasteiger partial charge on any atom is -0.346 e. The van der Waals surface area contributed by atoms with Crippen molar-refractivity contribution < 1.29 is 4.79 Å². The van der Waals surface area contributed by atoms with E-state index in [1.54, 1.807) is 12.1 Å². The highest BCUT2D eigenvalue weighted by molar-refractivity contribution is 5.94. The van der Waals surface area contributed by atoms with Crippen LogP contribution in [0.25, 0.3) is 11.0 Å². The van der Waals surface area contributed by atoms with Crippen LogP contribution in [-0.4, -0.2) is 15.0 Å². The van der Waals surface area contributed by atoms with Crippen molar-refractivity contribution in [1.82, 2.24) is 14.5 Å². The molecule has 0 spiro atoms. The zero-order chi connectivity index (χ0) is 22.7. The molecule has 0 bridgehead atoms. The number of aryl methyl sites for hydroxylation is 1. The van der Waals surface area contributed by atoms with Crippen molar-refractivity contribution in [2.24, 2.45) is 0 Å². The number of aromatic nitrogens is 2. The summed E-state index contributed by atoms with van der Waals surface area (Å²) in [5.74, 6) is -0.166. The Balaban J connectivity index is 1.58. The summed E-state index contributed by atoms with van der Waals surface area (Å²) in [4.78, 5) is 38.0. The maximum atomic E-state index is 12.8. The molecule has 32 heavy (non-hydrogen) atoms. The molecule has 0 aliphatic rings. The van der Waals surface area contributed by atoms with Crippen LogP contribution in [0.5, 0.6) is 0 Å². The van der Waals surface area contributed by atoms with Gasteiger partial charge in [-0.15, -0.1) is 0 Å². The molecule has 6 nitrogen and oxygen atoms in total. The molecule has 0 saturated heterocycles. The third kappa shape index (κ3) is 4.12. The molecule has 4 rings (SSSR count). The third-order valence-corrected chi connectivity index (χ3v) is 5.66. The van der Waals surface area contributed by atoms with E-state index in [9.17, 15) is 14.4 Å². The van der Waals surface area contributed by atoms with Gasteiger partial charge in [-0.25, -0.2) is 0 Å². The Morgan fingerprint density at radius 3 is 2.00 bits per heavy atom. The Morgan fingerprint density at radius 1 is 0.812 bits per heavy atom. The van der Waals surface area contributed by atoms with Gasteiger partial charge in [0.15, 0.2) is 0 Å². The number of nitrogens with one attached hydrogen (secondary N) is 1. The number of fused-ring (bicyclic) bond motifs is 1. The first-order valence-corrected chi connectivity index (χ1v) is 10.7. The summed E-state index contributed by atoms with van der Waals surface area (Å²) in [5, 5.41) is 3.00. The molecular weight excluding hydrogens is 402 g/mol.